The number of carbonyl (C=O) groups excluding carboxylic acids is 2. The van der Waals surface area contributed by atoms with Gasteiger partial charge in [-0.05, 0) is 48.7 Å². The fourth-order valence-electron chi connectivity index (χ4n) is 2.94. The van der Waals surface area contributed by atoms with Gasteiger partial charge in [-0.2, -0.15) is 0 Å². The molecule has 1 unspecified atom stereocenters. The van der Waals surface area contributed by atoms with Gasteiger partial charge in [0.2, 0.25) is 11.8 Å². The molecule has 6 heteroatoms. The van der Waals surface area contributed by atoms with Gasteiger partial charge >= 0.3 is 0 Å². The maximum atomic E-state index is 12.7. The first-order chi connectivity index (χ1) is 13.8. The van der Waals surface area contributed by atoms with Crippen molar-refractivity contribution in [2.75, 3.05) is 13.7 Å². The van der Waals surface area contributed by atoms with Crippen LogP contribution >= 0.6 is 11.6 Å². The highest BCUT2D eigenvalue weighted by Crippen LogP contribution is 2.16. The van der Waals surface area contributed by atoms with Gasteiger partial charge in [-0.3, -0.25) is 9.59 Å². The predicted molar refractivity (Wildman–Crippen MR) is 116 cm³/mol. The van der Waals surface area contributed by atoms with Gasteiger partial charge in [0.05, 0.1) is 7.11 Å². The van der Waals surface area contributed by atoms with Crippen LogP contribution in [0, 0.1) is 5.92 Å². The van der Waals surface area contributed by atoms with E-state index >= 15 is 0 Å². The van der Waals surface area contributed by atoms with Crippen LogP contribution in [0.1, 0.15) is 31.9 Å². The Morgan fingerprint density at radius 1 is 1.00 bits per heavy atom. The Balaban J connectivity index is 1.98. The highest BCUT2D eigenvalue weighted by molar-refractivity contribution is 6.30. The third-order valence-electron chi connectivity index (χ3n) is 4.76. The smallest absolute Gasteiger partial charge is 0.242 e. The minimum atomic E-state index is -0.573. The van der Waals surface area contributed by atoms with Gasteiger partial charge in [-0.15, -0.1) is 0 Å². The molecule has 0 saturated carbocycles. The first kappa shape index (κ1) is 22.8. The summed E-state index contributed by atoms with van der Waals surface area (Å²) in [4.78, 5) is 27.0. The van der Waals surface area contributed by atoms with Gasteiger partial charge in [0.25, 0.3) is 0 Å². The van der Waals surface area contributed by atoms with Crippen LogP contribution in [0.3, 0.4) is 0 Å². The molecular formula is C23H29ClN2O3. The number of halogens is 1. The highest BCUT2D eigenvalue weighted by Gasteiger charge is 2.27. The van der Waals surface area contributed by atoms with Gasteiger partial charge in [-0.25, -0.2) is 0 Å². The number of amides is 2. The summed E-state index contributed by atoms with van der Waals surface area (Å²) in [6.45, 7) is 6.30. The van der Waals surface area contributed by atoms with Crippen LogP contribution in [0.4, 0.5) is 0 Å². The van der Waals surface area contributed by atoms with E-state index in [1.807, 2.05) is 50.2 Å². The maximum Gasteiger partial charge on any atom is 0.242 e. The Morgan fingerprint density at radius 2 is 1.59 bits per heavy atom. The van der Waals surface area contributed by atoms with E-state index in [9.17, 15) is 9.59 Å². The monoisotopic (exact) mass is 416 g/mol. The van der Waals surface area contributed by atoms with Crippen molar-refractivity contribution < 1.29 is 14.3 Å². The van der Waals surface area contributed by atoms with Crippen molar-refractivity contribution in [1.29, 1.82) is 0 Å². The lowest BCUT2D eigenvalue weighted by molar-refractivity contribution is -0.143. The van der Waals surface area contributed by atoms with Crippen molar-refractivity contribution in [2.24, 2.45) is 5.92 Å². The average Bonchev–Trinajstić information content (AvgIpc) is 2.72. The van der Waals surface area contributed by atoms with E-state index in [1.54, 1.807) is 31.1 Å². The normalized spacial score (nSPS) is 11.8. The van der Waals surface area contributed by atoms with E-state index in [1.165, 1.54) is 0 Å². The molecule has 29 heavy (non-hydrogen) atoms. The number of ether oxygens (including phenoxy) is 1. The summed E-state index contributed by atoms with van der Waals surface area (Å²) < 4.78 is 5.15. The van der Waals surface area contributed by atoms with E-state index < -0.39 is 6.04 Å². The van der Waals surface area contributed by atoms with Gasteiger partial charge in [0.15, 0.2) is 0 Å². The highest BCUT2D eigenvalue weighted by atomic mass is 35.5. The van der Waals surface area contributed by atoms with Crippen molar-refractivity contribution in [3.05, 3.63) is 64.7 Å². The first-order valence-electron chi connectivity index (χ1n) is 9.77. The minimum Gasteiger partial charge on any atom is -0.497 e. The molecular weight excluding hydrogens is 388 g/mol. The molecule has 2 aromatic carbocycles. The average molecular weight is 417 g/mol. The summed E-state index contributed by atoms with van der Waals surface area (Å²) in [6.07, 6.45) is 0.706. The maximum absolute atomic E-state index is 12.7. The Labute approximate surface area is 178 Å². The van der Waals surface area contributed by atoms with Crippen LogP contribution in [-0.4, -0.2) is 36.4 Å². The summed E-state index contributed by atoms with van der Waals surface area (Å²) in [7, 11) is 1.63. The largest absolute Gasteiger partial charge is 0.497 e. The number of rotatable bonds is 9. The van der Waals surface area contributed by atoms with Crippen LogP contribution < -0.4 is 10.1 Å². The van der Waals surface area contributed by atoms with E-state index in [-0.39, 0.29) is 17.7 Å². The van der Waals surface area contributed by atoms with E-state index in [0.29, 0.717) is 24.5 Å². The molecule has 0 bridgehead atoms. The van der Waals surface area contributed by atoms with Gasteiger partial charge in [0.1, 0.15) is 11.8 Å². The zero-order chi connectivity index (χ0) is 21.4. The molecule has 0 radical (unpaired) electrons. The van der Waals surface area contributed by atoms with Crippen molar-refractivity contribution in [1.82, 2.24) is 10.2 Å². The zero-order valence-electron chi connectivity index (χ0n) is 17.4. The molecule has 0 heterocycles. The summed E-state index contributed by atoms with van der Waals surface area (Å²) in [5, 5.41) is 3.58. The van der Waals surface area contributed by atoms with Crippen molar-refractivity contribution >= 4 is 23.4 Å². The van der Waals surface area contributed by atoms with E-state index in [4.69, 9.17) is 16.3 Å². The molecule has 1 atom stereocenters. The third kappa shape index (κ3) is 6.79. The van der Waals surface area contributed by atoms with Crippen LogP contribution in [0.5, 0.6) is 5.75 Å². The number of benzene rings is 2. The second kappa shape index (κ2) is 10.9. The molecule has 2 aromatic rings. The lowest BCUT2D eigenvalue weighted by Gasteiger charge is -2.30. The van der Waals surface area contributed by atoms with Crippen LogP contribution in [0.15, 0.2) is 48.5 Å². The van der Waals surface area contributed by atoms with Crippen LogP contribution in [0.2, 0.25) is 5.02 Å². The lowest BCUT2D eigenvalue weighted by Crippen LogP contribution is -2.49. The van der Waals surface area contributed by atoms with Gasteiger partial charge in [-0.1, -0.05) is 49.7 Å². The number of methoxy groups -OCH3 is 1. The second-order valence-electron chi connectivity index (χ2n) is 7.31. The number of hydrogen-bond acceptors (Lipinski definition) is 3. The topological polar surface area (TPSA) is 58.6 Å². The number of nitrogens with one attached hydrogen (secondary N) is 1. The fourth-order valence-corrected chi connectivity index (χ4v) is 3.06. The summed E-state index contributed by atoms with van der Waals surface area (Å²) in [6, 6.07) is 14.5. The summed E-state index contributed by atoms with van der Waals surface area (Å²) in [5.74, 6) is 0.382. The Morgan fingerprint density at radius 3 is 2.14 bits per heavy atom. The first-order valence-corrected chi connectivity index (χ1v) is 10.1. The molecule has 1 N–H and O–H groups in total. The second-order valence-corrected chi connectivity index (χ2v) is 7.75. The quantitative estimate of drug-likeness (QED) is 0.670. The minimum absolute atomic E-state index is 0.0576. The molecule has 2 amide bonds. The summed E-state index contributed by atoms with van der Waals surface area (Å²) in [5.41, 5.74) is 2.04. The zero-order valence-corrected chi connectivity index (χ0v) is 18.2. The van der Waals surface area contributed by atoms with Gasteiger partial charge in [0, 0.05) is 24.0 Å². The van der Waals surface area contributed by atoms with Crippen LogP contribution in [0.25, 0.3) is 0 Å². The Kier molecular flexibility index (Phi) is 8.52. The molecule has 2 rings (SSSR count). The number of carbonyl (C=O) groups is 2. The molecule has 0 spiro atoms. The van der Waals surface area contributed by atoms with Crippen molar-refractivity contribution in [2.45, 2.75) is 39.8 Å². The third-order valence-corrected chi connectivity index (χ3v) is 5.01. The predicted octanol–water partition coefficient (Wildman–Crippen LogP) is 4.08. The van der Waals surface area contributed by atoms with E-state index in [0.717, 1.165) is 16.9 Å². The molecule has 0 aliphatic rings. The SMILES string of the molecule is COc1ccc(CCNC(=O)C(C)N(Cc2ccc(Cl)cc2)C(=O)C(C)C)cc1. The standard InChI is InChI=1S/C23H29ClN2O3/c1-16(2)23(28)26(15-19-5-9-20(24)10-6-19)17(3)22(27)25-14-13-18-7-11-21(29-4)12-8-18/h5-12,16-17H,13-15H2,1-4H3,(H,25,27). The molecule has 0 aromatic heterocycles. The van der Waals surface area contributed by atoms with Crippen LogP contribution in [-0.2, 0) is 22.6 Å². The van der Waals surface area contributed by atoms with E-state index in [2.05, 4.69) is 5.32 Å². The number of nitrogens with zero attached hydrogens (tertiary/aromatic N) is 1. The molecule has 5 nitrogen and oxygen atoms in total. The molecule has 0 aliphatic heterocycles. The molecule has 0 aliphatic carbocycles. The molecule has 156 valence electrons. The lowest BCUT2D eigenvalue weighted by atomic mass is 10.1. The summed E-state index contributed by atoms with van der Waals surface area (Å²) >= 11 is 5.95. The fraction of sp³-hybridized carbons (Fsp3) is 0.391. The van der Waals surface area contributed by atoms with Crippen molar-refractivity contribution in [3.8, 4) is 5.75 Å². The molecule has 0 saturated heterocycles. The Bertz CT molecular complexity index is 804. The number of hydrogen-bond donors (Lipinski definition) is 1. The Hall–Kier alpha value is -2.53. The van der Waals surface area contributed by atoms with Gasteiger partial charge < -0.3 is 15.0 Å². The van der Waals surface area contributed by atoms with Crippen molar-refractivity contribution in [3.63, 3.8) is 0 Å². The molecule has 0 fully saturated rings.